The number of hydrogen-bond acceptors (Lipinski definition) is 4. The highest BCUT2D eigenvalue weighted by molar-refractivity contribution is 6.35. The molecule has 3 N–H and O–H groups in total. The van der Waals surface area contributed by atoms with Crippen LogP contribution < -0.4 is 16.1 Å². The van der Waals surface area contributed by atoms with Gasteiger partial charge in [-0.15, -0.1) is 0 Å². The molecule has 0 fully saturated rings. The Hall–Kier alpha value is -3.64. The molecule has 2 amide bonds. The second-order valence-electron chi connectivity index (χ2n) is 7.27. The van der Waals surface area contributed by atoms with Crippen molar-refractivity contribution in [3.63, 3.8) is 0 Å². The van der Waals surface area contributed by atoms with Gasteiger partial charge in [0, 0.05) is 28.5 Å². The van der Waals surface area contributed by atoms with E-state index in [1.165, 1.54) is 11.8 Å². The van der Waals surface area contributed by atoms with Gasteiger partial charge in [-0.2, -0.15) is 5.10 Å². The third-order valence-corrected chi connectivity index (χ3v) is 5.04. The van der Waals surface area contributed by atoms with Crippen LogP contribution in [0.4, 0.5) is 11.4 Å². The zero-order chi connectivity index (χ0) is 22.9. The van der Waals surface area contributed by atoms with E-state index in [-0.39, 0.29) is 6.54 Å². The molecule has 3 rings (SSSR count). The number of nitrogens with zero attached hydrogens (tertiary/aromatic N) is 1. The molecule has 0 radical (unpaired) electrons. The van der Waals surface area contributed by atoms with Crippen molar-refractivity contribution < 1.29 is 9.59 Å². The molecule has 0 spiro atoms. The lowest BCUT2D eigenvalue weighted by molar-refractivity contribution is -0.139. The number of carbonyl (C=O) groups excluding carboxylic acids is 2. The third kappa shape index (κ3) is 6.68. The minimum absolute atomic E-state index is 0.263. The predicted molar refractivity (Wildman–Crippen MR) is 129 cm³/mol. The smallest absolute Gasteiger partial charge is 0.329 e. The summed E-state index contributed by atoms with van der Waals surface area (Å²) in [6, 6.07) is 21.1. The Labute approximate surface area is 192 Å². The maximum absolute atomic E-state index is 12.1. The Morgan fingerprint density at radius 3 is 2.31 bits per heavy atom. The van der Waals surface area contributed by atoms with E-state index in [0.29, 0.717) is 10.6 Å². The van der Waals surface area contributed by atoms with E-state index in [4.69, 9.17) is 11.6 Å². The van der Waals surface area contributed by atoms with E-state index in [1.54, 1.807) is 12.1 Å². The summed E-state index contributed by atoms with van der Waals surface area (Å²) in [5.74, 6) is -1.60. The third-order valence-electron chi connectivity index (χ3n) is 4.80. The normalized spacial score (nSPS) is 10.7. The number of hydrazone groups is 1. The van der Waals surface area contributed by atoms with Crippen LogP contribution in [0.15, 0.2) is 71.8 Å². The van der Waals surface area contributed by atoms with Gasteiger partial charge < -0.3 is 10.6 Å². The van der Waals surface area contributed by atoms with Crippen LogP contribution in [-0.4, -0.2) is 18.0 Å². The Balaban J connectivity index is 1.58. The van der Waals surface area contributed by atoms with Gasteiger partial charge in [0.05, 0.1) is 6.21 Å². The number of hydrogen-bond donors (Lipinski definition) is 3. The Morgan fingerprint density at radius 1 is 0.938 bits per heavy atom. The summed E-state index contributed by atoms with van der Waals surface area (Å²) < 4.78 is 0. The molecule has 0 bridgehead atoms. The van der Waals surface area contributed by atoms with Gasteiger partial charge in [0.15, 0.2) is 0 Å². The lowest BCUT2D eigenvalue weighted by Crippen LogP contribution is -2.37. The van der Waals surface area contributed by atoms with Gasteiger partial charge in [0.25, 0.3) is 0 Å². The number of rotatable bonds is 7. The maximum atomic E-state index is 12.1. The Morgan fingerprint density at radius 2 is 1.62 bits per heavy atom. The molecule has 0 aliphatic carbocycles. The van der Waals surface area contributed by atoms with Crippen LogP contribution in [0.2, 0.25) is 5.02 Å². The number of nitrogens with one attached hydrogen (secondary N) is 3. The summed E-state index contributed by atoms with van der Waals surface area (Å²) in [4.78, 5) is 24.1. The topological polar surface area (TPSA) is 82.6 Å². The number of carbonyl (C=O) groups is 2. The first-order valence-electron chi connectivity index (χ1n) is 10.3. The van der Waals surface area contributed by atoms with E-state index in [0.717, 1.165) is 28.9 Å². The summed E-state index contributed by atoms with van der Waals surface area (Å²) in [7, 11) is 0. The molecule has 0 aromatic heterocycles. The second-order valence-corrected chi connectivity index (χ2v) is 7.71. The first kappa shape index (κ1) is 23.0. The fourth-order valence-corrected chi connectivity index (χ4v) is 3.09. The molecule has 0 saturated carbocycles. The van der Waals surface area contributed by atoms with E-state index in [2.05, 4.69) is 28.1 Å². The predicted octanol–water partition coefficient (Wildman–Crippen LogP) is 4.72. The quantitative estimate of drug-likeness (QED) is 0.278. The van der Waals surface area contributed by atoms with Gasteiger partial charge in [-0.3, -0.25) is 9.59 Å². The zero-order valence-corrected chi connectivity index (χ0v) is 18.7. The van der Waals surface area contributed by atoms with E-state index < -0.39 is 11.8 Å². The molecule has 0 saturated heterocycles. The molecule has 0 aliphatic rings. The van der Waals surface area contributed by atoms with Gasteiger partial charge in [-0.1, -0.05) is 60.5 Å². The second kappa shape index (κ2) is 11.1. The average molecular weight is 449 g/mol. The van der Waals surface area contributed by atoms with E-state index >= 15 is 0 Å². The molecule has 0 unspecified atom stereocenters. The Kier molecular flexibility index (Phi) is 8.00. The standard InChI is InChI=1S/C25H25ClN4O2/c1-3-18-6-8-19(9-7-18)15-27-24(31)25(32)30-28-16-20-14-21(26)10-13-23(20)29-22-11-4-17(2)5-12-22/h4-14,16,29H,3,15H2,1-2H3,(H,27,31)(H,30,32)/b28-16-. The highest BCUT2D eigenvalue weighted by atomic mass is 35.5. The van der Waals surface area contributed by atoms with Crippen molar-refractivity contribution in [1.29, 1.82) is 0 Å². The van der Waals surface area contributed by atoms with Crippen molar-refractivity contribution in [3.8, 4) is 0 Å². The van der Waals surface area contributed by atoms with E-state index in [9.17, 15) is 9.59 Å². The Bertz CT molecular complexity index is 1110. The molecule has 0 heterocycles. The summed E-state index contributed by atoms with van der Waals surface area (Å²) in [5, 5.41) is 10.3. The first-order valence-corrected chi connectivity index (χ1v) is 10.6. The lowest BCUT2D eigenvalue weighted by atomic mass is 10.1. The minimum Gasteiger partial charge on any atom is -0.355 e. The molecule has 6 nitrogen and oxygen atoms in total. The number of anilines is 2. The van der Waals surface area contributed by atoms with Crippen LogP contribution in [-0.2, 0) is 22.6 Å². The first-order chi connectivity index (χ1) is 15.4. The molecule has 32 heavy (non-hydrogen) atoms. The maximum Gasteiger partial charge on any atom is 0.329 e. The van der Waals surface area contributed by atoms with Crippen LogP contribution in [0.5, 0.6) is 0 Å². The van der Waals surface area contributed by atoms with Gasteiger partial charge in [-0.25, -0.2) is 5.43 Å². The van der Waals surface area contributed by atoms with Crippen LogP contribution >= 0.6 is 11.6 Å². The highest BCUT2D eigenvalue weighted by Crippen LogP contribution is 2.23. The van der Waals surface area contributed by atoms with Crippen LogP contribution in [0.25, 0.3) is 0 Å². The number of aryl methyl sites for hydroxylation is 2. The molecular formula is C25H25ClN4O2. The van der Waals surface area contributed by atoms with Crippen molar-refractivity contribution >= 4 is 41.0 Å². The van der Waals surface area contributed by atoms with Crippen molar-refractivity contribution in [1.82, 2.24) is 10.7 Å². The van der Waals surface area contributed by atoms with Crippen molar-refractivity contribution in [3.05, 3.63) is 94.0 Å². The number of amides is 2. The minimum atomic E-state index is -0.846. The summed E-state index contributed by atoms with van der Waals surface area (Å²) >= 11 is 6.11. The lowest BCUT2D eigenvalue weighted by Gasteiger charge is -2.10. The summed E-state index contributed by atoms with van der Waals surface area (Å²) in [6.45, 7) is 4.36. The molecule has 0 aliphatic heterocycles. The monoisotopic (exact) mass is 448 g/mol. The van der Waals surface area contributed by atoms with Gasteiger partial charge in [0.2, 0.25) is 0 Å². The van der Waals surface area contributed by atoms with Crippen molar-refractivity contribution in [2.24, 2.45) is 5.10 Å². The average Bonchev–Trinajstić information content (AvgIpc) is 2.80. The fourth-order valence-electron chi connectivity index (χ4n) is 2.91. The van der Waals surface area contributed by atoms with E-state index in [1.807, 2.05) is 61.5 Å². The molecule has 3 aromatic rings. The molecular weight excluding hydrogens is 424 g/mol. The summed E-state index contributed by atoms with van der Waals surface area (Å²) in [5.41, 5.74) is 7.87. The zero-order valence-electron chi connectivity index (χ0n) is 18.0. The van der Waals surface area contributed by atoms with Crippen LogP contribution in [0.3, 0.4) is 0 Å². The van der Waals surface area contributed by atoms with Crippen LogP contribution in [0, 0.1) is 6.92 Å². The molecule has 0 atom stereocenters. The molecule has 3 aromatic carbocycles. The van der Waals surface area contributed by atoms with Gasteiger partial charge >= 0.3 is 11.8 Å². The van der Waals surface area contributed by atoms with Gasteiger partial charge in [-0.05, 0) is 54.8 Å². The number of benzene rings is 3. The largest absolute Gasteiger partial charge is 0.355 e. The summed E-state index contributed by atoms with van der Waals surface area (Å²) in [6.07, 6.45) is 2.39. The number of halogens is 1. The SMILES string of the molecule is CCc1ccc(CNC(=O)C(=O)N/N=C\c2cc(Cl)ccc2Nc2ccc(C)cc2)cc1. The van der Waals surface area contributed by atoms with Crippen molar-refractivity contribution in [2.75, 3.05) is 5.32 Å². The van der Waals surface area contributed by atoms with Crippen LogP contribution in [0.1, 0.15) is 29.2 Å². The van der Waals surface area contributed by atoms with Gasteiger partial charge in [0.1, 0.15) is 0 Å². The fraction of sp³-hybridized carbons (Fsp3) is 0.160. The highest BCUT2D eigenvalue weighted by Gasteiger charge is 2.12. The molecule has 7 heteroatoms. The van der Waals surface area contributed by atoms with Crippen molar-refractivity contribution in [2.45, 2.75) is 26.8 Å². The molecule has 164 valence electrons.